The van der Waals surface area contributed by atoms with Crippen LogP contribution in [0, 0.1) is 5.41 Å². The number of hydrogen-bond acceptors (Lipinski definition) is 2. The molecule has 5 heteroatoms. The second kappa shape index (κ2) is 5.36. The minimum atomic E-state index is -0.939. The molecular formula is C10H13ClN2O2. The third kappa shape index (κ3) is 3.25. The van der Waals surface area contributed by atoms with Gasteiger partial charge in [-0.05, 0) is 31.2 Å². The molecule has 0 atom stereocenters. The number of aromatic carboxylic acids is 1. The number of amidine groups is 1. The average Bonchev–Trinajstić information content (AvgIpc) is 2.16. The van der Waals surface area contributed by atoms with Gasteiger partial charge in [0.05, 0.1) is 11.4 Å². The van der Waals surface area contributed by atoms with Crippen LogP contribution in [0.25, 0.3) is 0 Å². The molecular weight excluding hydrogens is 216 g/mol. The van der Waals surface area contributed by atoms with Gasteiger partial charge >= 0.3 is 5.97 Å². The molecule has 0 aliphatic rings. The Morgan fingerprint density at radius 1 is 1.33 bits per heavy atom. The van der Waals surface area contributed by atoms with Crippen LogP contribution in [0.1, 0.15) is 17.3 Å². The second-order valence-electron chi connectivity index (χ2n) is 3.00. The van der Waals surface area contributed by atoms with Crippen molar-refractivity contribution in [3.63, 3.8) is 0 Å². The van der Waals surface area contributed by atoms with Crippen molar-refractivity contribution in [2.24, 2.45) is 0 Å². The van der Waals surface area contributed by atoms with Crippen LogP contribution in [0.15, 0.2) is 24.3 Å². The molecule has 15 heavy (non-hydrogen) atoms. The molecule has 2 N–H and O–H groups in total. The molecule has 0 saturated heterocycles. The smallest absolute Gasteiger partial charge is 0.335 e. The Morgan fingerprint density at radius 2 is 1.80 bits per heavy atom. The van der Waals surface area contributed by atoms with Gasteiger partial charge in [-0.1, -0.05) is 0 Å². The van der Waals surface area contributed by atoms with Crippen molar-refractivity contribution in [1.82, 2.24) is 0 Å². The predicted octanol–water partition coefficient (Wildman–Crippen LogP) is 2.24. The Hall–Kier alpha value is -1.55. The highest BCUT2D eigenvalue weighted by molar-refractivity contribution is 5.94. The number of carboxylic acids is 1. The molecule has 4 nitrogen and oxygen atoms in total. The molecule has 0 heterocycles. The normalized spacial score (nSPS) is 8.93. The summed E-state index contributed by atoms with van der Waals surface area (Å²) < 4.78 is 0. The first-order valence-electron chi connectivity index (χ1n) is 4.14. The van der Waals surface area contributed by atoms with E-state index in [0.29, 0.717) is 5.84 Å². The Bertz CT molecular complexity index is 362. The fourth-order valence-corrected chi connectivity index (χ4v) is 1.02. The third-order valence-corrected chi connectivity index (χ3v) is 2.00. The fourth-order valence-electron chi connectivity index (χ4n) is 1.02. The van der Waals surface area contributed by atoms with Gasteiger partial charge in [0.2, 0.25) is 0 Å². The first-order chi connectivity index (χ1) is 6.52. The van der Waals surface area contributed by atoms with E-state index in [9.17, 15) is 4.79 Å². The lowest BCUT2D eigenvalue weighted by Gasteiger charge is -2.17. The van der Waals surface area contributed by atoms with Crippen LogP contribution in [-0.4, -0.2) is 24.0 Å². The summed E-state index contributed by atoms with van der Waals surface area (Å²) in [5.41, 5.74) is 1.06. The van der Waals surface area contributed by atoms with E-state index in [1.807, 2.05) is 0 Å². The van der Waals surface area contributed by atoms with E-state index in [2.05, 4.69) is 0 Å². The van der Waals surface area contributed by atoms with Gasteiger partial charge in [0.25, 0.3) is 0 Å². The number of halogens is 1. The van der Waals surface area contributed by atoms with E-state index in [-0.39, 0.29) is 18.0 Å². The van der Waals surface area contributed by atoms with Crippen molar-refractivity contribution in [2.45, 2.75) is 6.92 Å². The van der Waals surface area contributed by atoms with Crippen molar-refractivity contribution < 1.29 is 9.90 Å². The fraction of sp³-hybridized carbons (Fsp3) is 0.200. The van der Waals surface area contributed by atoms with Crippen molar-refractivity contribution in [1.29, 1.82) is 5.41 Å². The zero-order chi connectivity index (χ0) is 10.7. The van der Waals surface area contributed by atoms with Gasteiger partial charge in [0.15, 0.2) is 0 Å². The maximum atomic E-state index is 10.6. The van der Waals surface area contributed by atoms with Gasteiger partial charge in [0, 0.05) is 12.7 Å². The predicted molar refractivity (Wildman–Crippen MR) is 62.5 cm³/mol. The van der Waals surface area contributed by atoms with Gasteiger partial charge in [-0.2, -0.15) is 0 Å². The zero-order valence-electron chi connectivity index (χ0n) is 8.52. The molecule has 0 aliphatic carbocycles. The summed E-state index contributed by atoms with van der Waals surface area (Å²) in [4.78, 5) is 12.2. The molecule has 1 aromatic carbocycles. The lowest BCUT2D eigenvalue weighted by molar-refractivity contribution is 0.0697. The third-order valence-electron chi connectivity index (χ3n) is 2.00. The maximum absolute atomic E-state index is 10.6. The number of nitrogens with one attached hydrogen (secondary N) is 1. The highest BCUT2D eigenvalue weighted by Gasteiger charge is 2.05. The van der Waals surface area contributed by atoms with Gasteiger partial charge < -0.3 is 10.0 Å². The molecule has 0 saturated carbocycles. The van der Waals surface area contributed by atoms with E-state index < -0.39 is 5.97 Å². The van der Waals surface area contributed by atoms with Crippen molar-refractivity contribution >= 4 is 29.9 Å². The number of benzene rings is 1. The number of hydrogen-bond donors (Lipinski definition) is 2. The minimum absolute atomic E-state index is 0. The highest BCUT2D eigenvalue weighted by Crippen LogP contribution is 2.13. The Kier molecular flexibility index (Phi) is 4.81. The molecule has 0 aliphatic heterocycles. The first kappa shape index (κ1) is 13.4. The topological polar surface area (TPSA) is 64.4 Å². The van der Waals surface area contributed by atoms with E-state index in [4.69, 9.17) is 10.5 Å². The Morgan fingerprint density at radius 3 is 2.13 bits per heavy atom. The van der Waals surface area contributed by atoms with Gasteiger partial charge in [-0.25, -0.2) is 4.79 Å². The number of nitrogens with zero attached hydrogens (tertiary/aromatic N) is 1. The number of rotatable bonds is 2. The van der Waals surface area contributed by atoms with Gasteiger partial charge in [-0.3, -0.25) is 5.41 Å². The van der Waals surface area contributed by atoms with Crippen LogP contribution in [0.5, 0.6) is 0 Å². The minimum Gasteiger partial charge on any atom is -0.478 e. The van der Waals surface area contributed by atoms with Crippen molar-refractivity contribution in [3.05, 3.63) is 29.8 Å². The van der Waals surface area contributed by atoms with Crippen LogP contribution >= 0.6 is 12.4 Å². The molecule has 0 fully saturated rings. The Balaban J connectivity index is 0.00000196. The molecule has 0 radical (unpaired) electrons. The van der Waals surface area contributed by atoms with E-state index in [0.717, 1.165) is 5.69 Å². The second-order valence-corrected chi connectivity index (χ2v) is 3.00. The quantitative estimate of drug-likeness (QED) is 0.603. The van der Waals surface area contributed by atoms with E-state index in [1.165, 1.54) is 12.1 Å². The largest absolute Gasteiger partial charge is 0.478 e. The summed E-state index contributed by atoms with van der Waals surface area (Å²) in [7, 11) is 1.76. The summed E-state index contributed by atoms with van der Waals surface area (Å²) in [6, 6.07) is 6.41. The summed E-state index contributed by atoms with van der Waals surface area (Å²) in [6.45, 7) is 1.67. The molecule has 1 aromatic rings. The van der Waals surface area contributed by atoms with Crippen molar-refractivity contribution in [3.8, 4) is 0 Å². The lowest BCUT2D eigenvalue weighted by atomic mass is 10.2. The molecule has 0 amide bonds. The van der Waals surface area contributed by atoms with E-state index in [1.54, 1.807) is 31.0 Å². The van der Waals surface area contributed by atoms with Crippen LogP contribution < -0.4 is 4.90 Å². The van der Waals surface area contributed by atoms with Crippen LogP contribution in [0.4, 0.5) is 5.69 Å². The first-order valence-corrected chi connectivity index (χ1v) is 4.14. The van der Waals surface area contributed by atoms with Gasteiger partial charge in [0.1, 0.15) is 0 Å². The molecule has 0 bridgehead atoms. The van der Waals surface area contributed by atoms with Crippen LogP contribution in [-0.2, 0) is 0 Å². The molecule has 0 spiro atoms. The van der Waals surface area contributed by atoms with E-state index >= 15 is 0 Å². The van der Waals surface area contributed by atoms with Gasteiger partial charge in [-0.15, -0.1) is 12.4 Å². The number of anilines is 1. The summed E-state index contributed by atoms with van der Waals surface area (Å²) in [6.07, 6.45) is 0. The molecule has 0 aromatic heterocycles. The summed E-state index contributed by atoms with van der Waals surface area (Å²) >= 11 is 0. The molecule has 82 valence electrons. The molecule has 0 unspecified atom stereocenters. The highest BCUT2D eigenvalue weighted by atomic mass is 35.5. The number of carboxylic acid groups (broad SMARTS) is 1. The monoisotopic (exact) mass is 228 g/mol. The zero-order valence-corrected chi connectivity index (χ0v) is 9.34. The standard InChI is InChI=1S/C10H12N2O2.ClH/c1-7(11)12(2)9-5-3-8(4-6-9)10(13)14;/h3-6,11H,1-2H3,(H,13,14);1H. The van der Waals surface area contributed by atoms with Crippen LogP contribution in [0.2, 0.25) is 0 Å². The summed E-state index contributed by atoms with van der Waals surface area (Å²) in [5.74, 6) is -0.529. The SMILES string of the molecule is CC(=N)N(C)c1ccc(C(=O)O)cc1.Cl. The van der Waals surface area contributed by atoms with Crippen molar-refractivity contribution in [2.75, 3.05) is 11.9 Å². The summed E-state index contributed by atoms with van der Waals surface area (Å²) in [5, 5.41) is 16.1. The Labute approximate surface area is 94.4 Å². The maximum Gasteiger partial charge on any atom is 0.335 e. The van der Waals surface area contributed by atoms with Crippen LogP contribution in [0.3, 0.4) is 0 Å². The lowest BCUT2D eigenvalue weighted by Crippen LogP contribution is -2.22. The molecule has 1 rings (SSSR count). The number of carbonyl (C=O) groups is 1. The average molecular weight is 229 g/mol.